The summed E-state index contributed by atoms with van der Waals surface area (Å²) in [6, 6.07) is 20.5. The smallest absolute Gasteiger partial charge is 0.335 e. The molecule has 2 aromatic rings. The van der Waals surface area contributed by atoms with Crippen LogP contribution in [0.1, 0.15) is 36.0 Å². The Balaban J connectivity index is 0.000000233. The molecule has 1 aliphatic heterocycles. The molecule has 2 aromatic carbocycles. The van der Waals surface area contributed by atoms with Crippen molar-refractivity contribution in [3.63, 3.8) is 0 Å². The fraction of sp³-hybridized carbons (Fsp3) is 0.333. The number of nitrogens with zero attached hydrogens (tertiary/aromatic N) is 1. The zero-order valence-electron chi connectivity index (χ0n) is 17.5. The van der Waals surface area contributed by atoms with Crippen LogP contribution in [0.4, 0.5) is 0 Å². The second kappa shape index (κ2) is 9.43. The SMILES string of the molecule is CC1C2=C(CCN1C)c1ccccc1C2c1ccccc1.O=C(O)C(O)C(O)C(=O)O. The molecule has 2 aliphatic rings. The van der Waals surface area contributed by atoms with Crippen LogP contribution >= 0.6 is 0 Å². The van der Waals surface area contributed by atoms with Gasteiger partial charge in [0.1, 0.15) is 0 Å². The molecule has 0 radical (unpaired) electrons. The number of aliphatic hydroxyl groups excluding tert-OH is 2. The summed E-state index contributed by atoms with van der Waals surface area (Å²) in [6.07, 6.45) is -3.36. The number of carbonyl (C=O) groups is 2. The summed E-state index contributed by atoms with van der Waals surface area (Å²) in [5.74, 6) is -3.10. The van der Waals surface area contributed by atoms with Gasteiger partial charge in [-0.15, -0.1) is 0 Å². The fourth-order valence-electron chi connectivity index (χ4n) is 4.29. The van der Waals surface area contributed by atoms with Crippen LogP contribution < -0.4 is 0 Å². The normalized spacial score (nSPS) is 21.9. The molecule has 4 rings (SSSR count). The standard InChI is InChI=1S/C20H21N.C4H6O6/c1-14-19-18(12-13-21(14)2)16-10-6-7-11-17(16)20(19)15-8-4-3-5-9-15;5-1(3(7)8)2(6)4(9)10/h3-11,14,20H,12-13H2,1-2H3;1-2,5-6H,(H,7,8)(H,9,10). The Morgan fingerprint density at radius 3 is 2.06 bits per heavy atom. The number of aliphatic hydroxyl groups is 2. The summed E-state index contributed by atoms with van der Waals surface area (Å²) in [5, 5.41) is 32.5. The van der Waals surface area contributed by atoms with E-state index in [1.807, 2.05) is 0 Å². The molecule has 0 saturated heterocycles. The molecule has 0 amide bonds. The molecular weight excluding hydrogens is 398 g/mol. The van der Waals surface area contributed by atoms with Crippen molar-refractivity contribution in [2.24, 2.45) is 0 Å². The lowest BCUT2D eigenvalue weighted by molar-refractivity contribution is -0.165. The van der Waals surface area contributed by atoms with Crippen molar-refractivity contribution in [1.82, 2.24) is 4.90 Å². The number of rotatable bonds is 4. The van der Waals surface area contributed by atoms with Crippen LogP contribution in [0.5, 0.6) is 0 Å². The maximum atomic E-state index is 9.77. The highest BCUT2D eigenvalue weighted by molar-refractivity contribution is 5.83. The van der Waals surface area contributed by atoms with E-state index >= 15 is 0 Å². The molecule has 4 atom stereocenters. The molecule has 0 bridgehead atoms. The molecule has 7 heteroatoms. The van der Waals surface area contributed by atoms with Crippen molar-refractivity contribution in [3.05, 3.63) is 76.9 Å². The molecule has 1 heterocycles. The largest absolute Gasteiger partial charge is 0.479 e. The maximum absolute atomic E-state index is 9.77. The van der Waals surface area contributed by atoms with E-state index in [4.69, 9.17) is 20.4 Å². The monoisotopic (exact) mass is 425 g/mol. The van der Waals surface area contributed by atoms with Gasteiger partial charge in [0.15, 0.2) is 12.2 Å². The van der Waals surface area contributed by atoms with Gasteiger partial charge in [-0.3, -0.25) is 4.90 Å². The lowest BCUT2D eigenvalue weighted by Crippen LogP contribution is -2.39. The second-order valence-electron chi connectivity index (χ2n) is 7.84. The summed E-state index contributed by atoms with van der Waals surface area (Å²) in [4.78, 5) is 22.0. The van der Waals surface area contributed by atoms with Crippen LogP contribution in [0.15, 0.2) is 60.2 Å². The summed E-state index contributed by atoms with van der Waals surface area (Å²) in [7, 11) is 2.25. The van der Waals surface area contributed by atoms with E-state index in [-0.39, 0.29) is 0 Å². The highest BCUT2D eigenvalue weighted by atomic mass is 16.4. The summed E-state index contributed by atoms with van der Waals surface area (Å²) in [6.45, 7) is 3.52. The highest BCUT2D eigenvalue weighted by Crippen LogP contribution is 2.50. The van der Waals surface area contributed by atoms with E-state index in [1.165, 1.54) is 23.1 Å². The van der Waals surface area contributed by atoms with Gasteiger partial charge in [-0.05, 0) is 48.2 Å². The van der Waals surface area contributed by atoms with Crippen molar-refractivity contribution >= 4 is 17.5 Å². The summed E-state index contributed by atoms with van der Waals surface area (Å²) < 4.78 is 0. The first-order valence-electron chi connectivity index (χ1n) is 10.1. The Kier molecular flexibility index (Phi) is 6.90. The summed E-state index contributed by atoms with van der Waals surface area (Å²) in [5.41, 5.74) is 7.63. The molecule has 0 fully saturated rings. The van der Waals surface area contributed by atoms with Crippen molar-refractivity contribution < 1.29 is 30.0 Å². The van der Waals surface area contributed by atoms with E-state index in [1.54, 1.807) is 11.1 Å². The van der Waals surface area contributed by atoms with Gasteiger partial charge >= 0.3 is 11.9 Å². The first kappa shape index (κ1) is 22.7. The van der Waals surface area contributed by atoms with Crippen LogP contribution in [0.2, 0.25) is 0 Å². The van der Waals surface area contributed by atoms with Gasteiger partial charge < -0.3 is 20.4 Å². The number of benzene rings is 2. The molecule has 4 N–H and O–H groups in total. The zero-order chi connectivity index (χ0) is 22.7. The van der Waals surface area contributed by atoms with Crippen LogP contribution in [-0.4, -0.2) is 69.1 Å². The molecular formula is C24H27NO6. The predicted molar refractivity (Wildman–Crippen MR) is 116 cm³/mol. The van der Waals surface area contributed by atoms with Crippen molar-refractivity contribution in [3.8, 4) is 0 Å². The van der Waals surface area contributed by atoms with E-state index in [0.717, 1.165) is 6.54 Å². The molecule has 0 spiro atoms. The topological polar surface area (TPSA) is 118 Å². The number of likely N-dealkylation sites (N-methyl/N-ethyl adjacent to an activating group) is 1. The van der Waals surface area contributed by atoms with Crippen LogP contribution in [0, 0.1) is 0 Å². The van der Waals surface area contributed by atoms with Crippen LogP contribution in [0.25, 0.3) is 5.57 Å². The average molecular weight is 425 g/mol. The molecule has 164 valence electrons. The number of aliphatic carboxylic acids is 2. The number of carboxylic acids is 2. The second-order valence-corrected chi connectivity index (χ2v) is 7.84. The minimum absolute atomic E-state index is 0.440. The van der Waals surface area contributed by atoms with Gasteiger partial charge in [-0.2, -0.15) is 0 Å². The average Bonchev–Trinajstić information content (AvgIpc) is 3.11. The molecule has 0 aromatic heterocycles. The number of fused-ring (bicyclic) bond motifs is 2. The summed E-state index contributed by atoms with van der Waals surface area (Å²) >= 11 is 0. The third-order valence-corrected chi connectivity index (χ3v) is 6.02. The lowest BCUT2D eigenvalue weighted by atomic mass is 9.83. The molecule has 4 unspecified atom stereocenters. The third-order valence-electron chi connectivity index (χ3n) is 6.02. The first-order valence-corrected chi connectivity index (χ1v) is 10.1. The van der Waals surface area contributed by atoms with E-state index in [0.29, 0.717) is 12.0 Å². The zero-order valence-corrected chi connectivity index (χ0v) is 17.5. The van der Waals surface area contributed by atoms with Gasteiger partial charge in [0.05, 0.1) is 0 Å². The van der Waals surface area contributed by atoms with Crippen molar-refractivity contribution in [2.75, 3.05) is 13.6 Å². The minimum atomic E-state index is -2.27. The van der Waals surface area contributed by atoms with E-state index in [9.17, 15) is 9.59 Å². The lowest BCUT2D eigenvalue weighted by Gasteiger charge is -2.34. The Hall–Kier alpha value is -3.00. The molecule has 31 heavy (non-hydrogen) atoms. The Labute approximate surface area is 180 Å². The van der Waals surface area contributed by atoms with Crippen molar-refractivity contribution in [2.45, 2.75) is 37.5 Å². The third kappa shape index (κ3) is 4.54. The fourth-order valence-corrected chi connectivity index (χ4v) is 4.29. The molecule has 0 saturated carbocycles. The van der Waals surface area contributed by atoms with E-state index in [2.05, 4.69) is 73.5 Å². The molecule has 7 nitrogen and oxygen atoms in total. The quantitative estimate of drug-likeness (QED) is 0.593. The molecule has 1 aliphatic carbocycles. The van der Waals surface area contributed by atoms with Gasteiger partial charge in [-0.1, -0.05) is 54.6 Å². The number of carboxylic acid groups (broad SMARTS) is 2. The first-order chi connectivity index (χ1) is 14.7. The number of hydrogen-bond acceptors (Lipinski definition) is 5. The van der Waals surface area contributed by atoms with Crippen molar-refractivity contribution in [1.29, 1.82) is 0 Å². The minimum Gasteiger partial charge on any atom is -0.479 e. The van der Waals surface area contributed by atoms with Gasteiger partial charge in [-0.25, -0.2) is 9.59 Å². The maximum Gasteiger partial charge on any atom is 0.335 e. The van der Waals surface area contributed by atoms with Crippen LogP contribution in [0.3, 0.4) is 0 Å². The van der Waals surface area contributed by atoms with Gasteiger partial charge in [0, 0.05) is 18.5 Å². The Morgan fingerprint density at radius 2 is 1.48 bits per heavy atom. The Morgan fingerprint density at radius 1 is 0.935 bits per heavy atom. The van der Waals surface area contributed by atoms with E-state index < -0.39 is 24.1 Å². The predicted octanol–water partition coefficient (Wildman–Crippen LogP) is 2.19. The number of hydrogen-bond donors (Lipinski definition) is 4. The van der Waals surface area contributed by atoms with Gasteiger partial charge in [0.25, 0.3) is 0 Å². The van der Waals surface area contributed by atoms with Gasteiger partial charge in [0.2, 0.25) is 0 Å². The highest BCUT2D eigenvalue weighted by Gasteiger charge is 2.38. The van der Waals surface area contributed by atoms with Crippen LogP contribution in [-0.2, 0) is 9.59 Å². The Bertz CT molecular complexity index is 969.